The molecule has 0 aliphatic carbocycles. The zero-order valence-electron chi connectivity index (χ0n) is 31.3. The van der Waals surface area contributed by atoms with Crippen molar-refractivity contribution in [2.75, 3.05) is 55.3 Å². The quantitative estimate of drug-likeness (QED) is 0.0850. The van der Waals surface area contributed by atoms with Crippen molar-refractivity contribution in [2.45, 2.75) is 33.1 Å². The van der Waals surface area contributed by atoms with Crippen LogP contribution in [0.15, 0.2) is 102 Å². The molecule has 2 aromatic heterocycles. The van der Waals surface area contributed by atoms with Gasteiger partial charge in [0, 0.05) is 71.0 Å². The first-order valence-corrected chi connectivity index (χ1v) is 19.5. The molecule has 13 nitrogen and oxygen atoms in total. The Morgan fingerprint density at radius 1 is 0.929 bits per heavy atom. The second kappa shape index (κ2) is 18.2. The van der Waals surface area contributed by atoms with E-state index in [4.69, 9.17) is 14.6 Å². The van der Waals surface area contributed by atoms with Gasteiger partial charge in [-0.15, -0.1) is 0 Å². The molecule has 1 aliphatic heterocycles. The van der Waals surface area contributed by atoms with Crippen LogP contribution < -0.4 is 26.0 Å². The molecule has 0 spiro atoms. The Morgan fingerprint density at radius 3 is 2.54 bits per heavy atom. The lowest BCUT2D eigenvalue weighted by Crippen LogP contribution is -2.41. The second-order valence-corrected chi connectivity index (χ2v) is 14.4. The molecule has 3 heterocycles. The highest BCUT2D eigenvalue weighted by molar-refractivity contribution is 9.10. The number of aromatic nitrogens is 4. The molecule has 0 unspecified atom stereocenters. The molecular weight excluding hydrogens is 774 g/mol. The fraction of sp³-hybridized carbons (Fsp3) is 0.262. The smallest absolute Gasteiger partial charge is 0.324 e. The normalized spacial score (nSPS) is 13.0. The van der Waals surface area contributed by atoms with Gasteiger partial charge in [-0.1, -0.05) is 71.2 Å². The van der Waals surface area contributed by atoms with Crippen LogP contribution in [-0.2, 0) is 11.2 Å². The van der Waals surface area contributed by atoms with E-state index < -0.39 is 6.03 Å². The number of carbonyl (C=O) groups is 2. The summed E-state index contributed by atoms with van der Waals surface area (Å²) in [6, 6.07) is 27.9. The molecule has 1 aliphatic rings. The number of benzene rings is 4. The first kappa shape index (κ1) is 38.4. The predicted octanol–water partition coefficient (Wildman–Crippen LogP) is 8.47. The minimum atomic E-state index is -0.396. The molecule has 0 bridgehead atoms. The SMILES string of the molecule is CCCCc1cc(NC(=O)Nc2ccc(Oc3ccnc(Nc4cc(Br)cc(C(=O)NCCN5CCOCC5)c4)n3)c3ccccc23)n(-c2ccc(C)cc2)n1. The number of urea groups is 1. The van der Waals surface area contributed by atoms with Crippen molar-refractivity contribution in [3.63, 3.8) is 0 Å². The zero-order valence-corrected chi connectivity index (χ0v) is 32.9. The Labute approximate surface area is 334 Å². The Balaban J connectivity index is 1.03. The number of halogens is 1. The van der Waals surface area contributed by atoms with Crippen molar-refractivity contribution >= 4 is 61.8 Å². The maximum atomic E-state index is 13.5. The molecule has 56 heavy (non-hydrogen) atoms. The first-order chi connectivity index (χ1) is 27.3. The summed E-state index contributed by atoms with van der Waals surface area (Å²) in [5.74, 6) is 1.56. The van der Waals surface area contributed by atoms with Gasteiger partial charge >= 0.3 is 6.03 Å². The lowest BCUT2D eigenvalue weighted by atomic mass is 10.1. The van der Waals surface area contributed by atoms with Crippen molar-refractivity contribution in [1.82, 2.24) is 30.0 Å². The number of nitrogens with one attached hydrogen (secondary N) is 4. The number of hydrogen-bond donors (Lipinski definition) is 4. The third kappa shape index (κ3) is 9.88. The summed E-state index contributed by atoms with van der Waals surface area (Å²) in [5.41, 5.74) is 4.66. The van der Waals surface area contributed by atoms with E-state index in [-0.39, 0.29) is 5.91 Å². The molecule has 14 heteroatoms. The number of unbranched alkanes of at least 4 members (excludes halogenated alkanes) is 1. The largest absolute Gasteiger partial charge is 0.438 e. The van der Waals surface area contributed by atoms with Gasteiger partial charge in [-0.05, 0) is 62.2 Å². The molecule has 1 saturated heterocycles. The Bertz CT molecular complexity index is 2310. The van der Waals surface area contributed by atoms with Gasteiger partial charge in [0.1, 0.15) is 11.6 Å². The number of aryl methyl sites for hydroxylation is 2. The van der Waals surface area contributed by atoms with E-state index in [9.17, 15) is 9.59 Å². The van der Waals surface area contributed by atoms with Crippen molar-refractivity contribution < 1.29 is 19.1 Å². The Kier molecular flexibility index (Phi) is 12.5. The predicted molar refractivity (Wildman–Crippen MR) is 223 cm³/mol. The van der Waals surface area contributed by atoms with Crippen LogP contribution in [0.25, 0.3) is 16.5 Å². The number of anilines is 4. The Morgan fingerprint density at radius 2 is 1.73 bits per heavy atom. The van der Waals surface area contributed by atoms with Gasteiger partial charge in [-0.2, -0.15) is 10.1 Å². The summed E-state index contributed by atoms with van der Waals surface area (Å²) in [4.78, 5) is 37.7. The van der Waals surface area contributed by atoms with E-state index >= 15 is 0 Å². The highest BCUT2D eigenvalue weighted by Crippen LogP contribution is 2.34. The summed E-state index contributed by atoms with van der Waals surface area (Å²) < 4.78 is 14.2. The van der Waals surface area contributed by atoms with Crippen molar-refractivity contribution in [3.8, 4) is 17.3 Å². The van der Waals surface area contributed by atoms with Gasteiger partial charge < -0.3 is 25.4 Å². The van der Waals surface area contributed by atoms with Gasteiger partial charge in [0.25, 0.3) is 5.91 Å². The van der Waals surface area contributed by atoms with Crippen LogP contribution >= 0.6 is 15.9 Å². The molecule has 4 N–H and O–H groups in total. The third-order valence-corrected chi connectivity index (χ3v) is 9.73. The summed E-state index contributed by atoms with van der Waals surface area (Å²) in [6.07, 6.45) is 4.47. The van der Waals surface area contributed by atoms with E-state index in [1.165, 1.54) is 0 Å². The fourth-order valence-electron chi connectivity index (χ4n) is 6.37. The lowest BCUT2D eigenvalue weighted by molar-refractivity contribution is 0.0383. The molecule has 288 valence electrons. The highest BCUT2D eigenvalue weighted by Gasteiger charge is 2.17. The molecule has 3 amide bonds. The average molecular weight is 819 g/mol. The van der Waals surface area contributed by atoms with E-state index in [0.717, 1.165) is 71.1 Å². The van der Waals surface area contributed by atoms with Crippen LogP contribution in [0.4, 0.5) is 27.9 Å². The van der Waals surface area contributed by atoms with Crippen LogP contribution in [0.3, 0.4) is 0 Å². The van der Waals surface area contributed by atoms with Crippen LogP contribution in [-0.4, -0.2) is 76.0 Å². The standard InChI is InChI=1S/C42H44BrN9O4/c1-3-4-7-31-27-38(52(50-31)33-12-10-28(2)11-13-33)48-42(54)47-36-14-15-37(35-9-6-5-8-34(35)36)56-39-16-17-45-41(49-39)46-32-25-29(24-30(43)26-32)40(53)44-18-19-51-20-22-55-23-21-51/h5-6,8-17,24-27H,3-4,7,18-23H2,1-2H3,(H,44,53)(H,45,46,49)(H2,47,48,54). The van der Waals surface area contributed by atoms with Gasteiger partial charge in [0.05, 0.1) is 30.3 Å². The second-order valence-electron chi connectivity index (χ2n) is 13.5. The molecule has 6 aromatic rings. The van der Waals surface area contributed by atoms with Crippen LogP contribution in [0.5, 0.6) is 11.6 Å². The number of nitrogens with zero attached hydrogens (tertiary/aromatic N) is 5. The molecule has 1 fully saturated rings. The maximum Gasteiger partial charge on any atom is 0.324 e. The van der Waals surface area contributed by atoms with E-state index in [0.29, 0.717) is 60.1 Å². The fourth-order valence-corrected chi connectivity index (χ4v) is 6.86. The number of morpholine rings is 1. The van der Waals surface area contributed by atoms with Gasteiger partial charge in [0.15, 0.2) is 0 Å². The van der Waals surface area contributed by atoms with Gasteiger partial charge in [-0.3, -0.25) is 15.0 Å². The maximum absolute atomic E-state index is 13.5. The minimum absolute atomic E-state index is 0.173. The number of amides is 3. The third-order valence-electron chi connectivity index (χ3n) is 9.28. The summed E-state index contributed by atoms with van der Waals surface area (Å²) in [7, 11) is 0. The minimum Gasteiger partial charge on any atom is -0.438 e. The average Bonchev–Trinajstić information content (AvgIpc) is 3.60. The Hall–Kier alpha value is -5.83. The molecule has 7 rings (SSSR count). The molecular formula is C42H44BrN9O4. The van der Waals surface area contributed by atoms with Crippen LogP contribution in [0.2, 0.25) is 0 Å². The highest BCUT2D eigenvalue weighted by atomic mass is 79.9. The van der Waals surface area contributed by atoms with Crippen molar-refractivity contribution in [1.29, 1.82) is 0 Å². The van der Waals surface area contributed by atoms with Crippen molar-refractivity contribution in [2.24, 2.45) is 0 Å². The molecule has 0 radical (unpaired) electrons. The number of carbonyl (C=O) groups excluding carboxylic acids is 2. The van der Waals surface area contributed by atoms with Crippen LogP contribution in [0.1, 0.15) is 41.4 Å². The van der Waals surface area contributed by atoms with Gasteiger partial charge in [-0.25, -0.2) is 14.5 Å². The number of hydrogen-bond acceptors (Lipinski definition) is 9. The lowest BCUT2D eigenvalue weighted by Gasteiger charge is -2.26. The first-order valence-electron chi connectivity index (χ1n) is 18.7. The van der Waals surface area contributed by atoms with Gasteiger partial charge in [0.2, 0.25) is 11.8 Å². The summed E-state index contributed by atoms with van der Waals surface area (Å²) >= 11 is 3.53. The molecule has 0 atom stereocenters. The molecule has 4 aromatic carbocycles. The van der Waals surface area contributed by atoms with E-state index in [1.54, 1.807) is 41.2 Å². The number of fused-ring (bicyclic) bond motifs is 1. The monoisotopic (exact) mass is 817 g/mol. The van der Waals surface area contributed by atoms with Crippen molar-refractivity contribution in [3.05, 3.63) is 118 Å². The zero-order chi connectivity index (χ0) is 38.9. The number of rotatable bonds is 14. The van der Waals surface area contributed by atoms with E-state index in [1.807, 2.05) is 67.6 Å². The summed E-state index contributed by atoms with van der Waals surface area (Å²) in [5, 5.41) is 18.6. The van der Waals surface area contributed by atoms with Crippen LogP contribution in [0, 0.1) is 6.92 Å². The summed E-state index contributed by atoms with van der Waals surface area (Å²) in [6.45, 7) is 8.65. The topological polar surface area (TPSA) is 148 Å². The van der Waals surface area contributed by atoms with E-state index in [2.05, 4.69) is 59.0 Å². The number of ether oxygens (including phenoxy) is 2. The molecule has 0 saturated carbocycles.